The number of nitrogens with zero attached hydrogens (tertiary/aromatic N) is 3. The first-order valence-electron chi connectivity index (χ1n) is 9.63. The van der Waals surface area contributed by atoms with Crippen molar-refractivity contribution in [1.29, 1.82) is 0 Å². The number of amides is 1. The quantitative estimate of drug-likeness (QED) is 0.396. The maximum Gasteiger partial charge on any atom is 0.417 e. The van der Waals surface area contributed by atoms with Gasteiger partial charge in [-0.3, -0.25) is 9.78 Å². The van der Waals surface area contributed by atoms with Crippen LogP contribution in [0.25, 0.3) is 33.7 Å². The highest BCUT2D eigenvalue weighted by Crippen LogP contribution is 2.39. The molecule has 0 aliphatic carbocycles. The molecule has 0 bridgehead atoms. The Bertz CT molecular complexity index is 1360. The van der Waals surface area contributed by atoms with Crippen molar-refractivity contribution in [2.75, 3.05) is 11.9 Å². The summed E-state index contributed by atoms with van der Waals surface area (Å²) in [6.07, 6.45) is -3.48. The monoisotopic (exact) mass is 464 g/mol. The molecule has 8 nitrogen and oxygen atoms in total. The van der Waals surface area contributed by atoms with Gasteiger partial charge in [0, 0.05) is 24.2 Å². The fraction of sp³-hybridized carbons (Fsp3) is 0.200. The van der Waals surface area contributed by atoms with Crippen LogP contribution in [-0.2, 0) is 11.0 Å². The van der Waals surface area contributed by atoms with Gasteiger partial charge in [0.05, 0.1) is 28.0 Å². The molecule has 0 spiro atoms. The van der Waals surface area contributed by atoms with Gasteiger partial charge < -0.3 is 20.0 Å². The van der Waals surface area contributed by atoms with Crippen LogP contribution in [0.5, 0.6) is 0 Å². The molecule has 1 unspecified atom stereocenters. The van der Waals surface area contributed by atoms with Crippen LogP contribution in [-0.4, -0.2) is 38.7 Å². The molecule has 4 heterocycles. The van der Waals surface area contributed by atoms with E-state index >= 15 is 0 Å². The summed E-state index contributed by atoms with van der Waals surface area (Å²) in [5.74, 6) is -2.23. The number of aromatic amines is 1. The maximum atomic E-state index is 14.4. The number of halogens is 5. The van der Waals surface area contributed by atoms with Gasteiger partial charge in [-0.25, -0.2) is 8.78 Å². The standard InChI is InChI=1S/C20H13F5N6O2/c21-9-5-10-14(18-30-31-19(33-18)28-13-3-4-26-17(13)32)16(29-15(10)11(22)6-9)12-2-1-8(7-27-12)20(23,24)25/h1-2,5-7,13,29H,3-4H2,(H,26,32)(H,28,31). The highest BCUT2D eigenvalue weighted by molar-refractivity contribution is 6.01. The molecule has 1 aliphatic heterocycles. The summed E-state index contributed by atoms with van der Waals surface area (Å²) in [5.41, 5.74) is -0.979. The summed E-state index contributed by atoms with van der Waals surface area (Å²) in [7, 11) is 0. The molecule has 0 saturated carbocycles. The van der Waals surface area contributed by atoms with E-state index in [1.807, 2.05) is 0 Å². The van der Waals surface area contributed by atoms with E-state index in [-0.39, 0.29) is 45.7 Å². The average Bonchev–Trinajstić information content (AvgIpc) is 3.47. The van der Waals surface area contributed by atoms with Crippen LogP contribution in [0.15, 0.2) is 34.9 Å². The number of nitrogens with one attached hydrogen (secondary N) is 3. The first kappa shape index (κ1) is 20.8. The minimum atomic E-state index is -4.59. The third kappa shape index (κ3) is 3.75. The molecule has 4 aromatic rings. The lowest BCUT2D eigenvalue weighted by Crippen LogP contribution is -2.29. The molecule has 1 atom stereocenters. The molecule has 33 heavy (non-hydrogen) atoms. The Morgan fingerprint density at radius 1 is 1.15 bits per heavy atom. The van der Waals surface area contributed by atoms with Crippen molar-refractivity contribution in [2.24, 2.45) is 0 Å². The van der Waals surface area contributed by atoms with Gasteiger partial charge in [0.1, 0.15) is 17.7 Å². The molecule has 1 aliphatic rings. The number of pyridine rings is 1. The van der Waals surface area contributed by atoms with Crippen LogP contribution in [0.2, 0.25) is 0 Å². The summed E-state index contributed by atoms with van der Waals surface area (Å²) in [5, 5.41) is 13.2. The minimum absolute atomic E-state index is 0.0110. The van der Waals surface area contributed by atoms with Crippen molar-refractivity contribution in [2.45, 2.75) is 18.6 Å². The first-order chi connectivity index (χ1) is 15.7. The summed E-state index contributed by atoms with van der Waals surface area (Å²) in [6.45, 7) is 0.474. The van der Waals surface area contributed by atoms with Crippen LogP contribution in [0, 0.1) is 11.6 Å². The van der Waals surface area contributed by atoms with Gasteiger partial charge in [0.25, 0.3) is 5.89 Å². The second-order valence-corrected chi connectivity index (χ2v) is 7.30. The molecule has 1 aromatic carbocycles. The maximum absolute atomic E-state index is 14.4. The Morgan fingerprint density at radius 3 is 2.64 bits per heavy atom. The predicted octanol–water partition coefficient (Wildman–Crippen LogP) is 3.88. The third-order valence-corrected chi connectivity index (χ3v) is 5.16. The van der Waals surface area contributed by atoms with Crippen molar-refractivity contribution in [3.05, 3.63) is 47.7 Å². The topological polar surface area (TPSA) is 109 Å². The molecule has 1 fully saturated rings. The van der Waals surface area contributed by atoms with Gasteiger partial charge in [0.15, 0.2) is 0 Å². The lowest BCUT2D eigenvalue weighted by atomic mass is 10.1. The van der Waals surface area contributed by atoms with Crippen molar-refractivity contribution in [3.63, 3.8) is 0 Å². The van der Waals surface area contributed by atoms with Crippen LogP contribution >= 0.6 is 0 Å². The number of fused-ring (bicyclic) bond motifs is 1. The molecule has 13 heteroatoms. The zero-order chi connectivity index (χ0) is 23.3. The SMILES string of the molecule is O=C1NCCC1Nc1nnc(-c2c(-c3ccc(C(F)(F)F)cn3)[nH]c3c(F)cc(F)cc23)o1. The lowest BCUT2D eigenvalue weighted by molar-refractivity contribution is -0.137. The summed E-state index contributed by atoms with van der Waals surface area (Å²) >= 11 is 0. The van der Waals surface area contributed by atoms with Crippen molar-refractivity contribution < 1.29 is 31.2 Å². The van der Waals surface area contributed by atoms with E-state index in [2.05, 4.69) is 30.8 Å². The number of H-pyrrole nitrogens is 1. The first-order valence-corrected chi connectivity index (χ1v) is 9.63. The fourth-order valence-corrected chi connectivity index (χ4v) is 3.61. The molecule has 1 amide bonds. The molecule has 170 valence electrons. The van der Waals surface area contributed by atoms with Gasteiger partial charge in [-0.1, -0.05) is 5.10 Å². The van der Waals surface area contributed by atoms with E-state index in [1.165, 1.54) is 0 Å². The smallest absolute Gasteiger partial charge is 0.403 e. The van der Waals surface area contributed by atoms with Crippen molar-refractivity contribution in [1.82, 2.24) is 25.5 Å². The number of aromatic nitrogens is 4. The van der Waals surface area contributed by atoms with Gasteiger partial charge in [0.2, 0.25) is 5.91 Å². The normalized spacial score (nSPS) is 16.4. The second-order valence-electron chi connectivity index (χ2n) is 7.30. The molecule has 5 rings (SSSR count). The Kier molecular flexibility index (Phi) is 4.76. The van der Waals surface area contributed by atoms with E-state index in [4.69, 9.17) is 4.42 Å². The molecule has 3 aromatic heterocycles. The zero-order valence-corrected chi connectivity index (χ0v) is 16.4. The predicted molar refractivity (Wildman–Crippen MR) is 105 cm³/mol. The van der Waals surface area contributed by atoms with Crippen LogP contribution in [0.4, 0.5) is 28.0 Å². The van der Waals surface area contributed by atoms with E-state index in [9.17, 15) is 26.7 Å². The van der Waals surface area contributed by atoms with Crippen molar-refractivity contribution >= 4 is 22.8 Å². The number of anilines is 1. The van der Waals surface area contributed by atoms with E-state index in [0.29, 0.717) is 25.2 Å². The number of hydrogen-bond acceptors (Lipinski definition) is 6. The van der Waals surface area contributed by atoms with E-state index in [0.717, 1.165) is 18.2 Å². The summed E-state index contributed by atoms with van der Waals surface area (Å²) in [6, 6.07) is 2.89. The van der Waals surface area contributed by atoms with Gasteiger partial charge in [-0.05, 0) is 24.6 Å². The minimum Gasteiger partial charge on any atom is -0.403 e. The van der Waals surface area contributed by atoms with E-state index < -0.39 is 29.4 Å². The Morgan fingerprint density at radius 2 is 1.97 bits per heavy atom. The van der Waals surface area contributed by atoms with E-state index in [1.54, 1.807) is 0 Å². The van der Waals surface area contributed by atoms with Gasteiger partial charge in [-0.2, -0.15) is 13.2 Å². The molecule has 3 N–H and O–H groups in total. The van der Waals surface area contributed by atoms with Crippen LogP contribution in [0.1, 0.15) is 12.0 Å². The van der Waals surface area contributed by atoms with Gasteiger partial charge in [-0.15, -0.1) is 5.10 Å². The average molecular weight is 464 g/mol. The molecular formula is C20H13F5N6O2. The Labute approximate surface area is 181 Å². The number of carbonyl (C=O) groups excluding carboxylic acids is 1. The van der Waals surface area contributed by atoms with Crippen LogP contribution in [0.3, 0.4) is 0 Å². The number of carbonyl (C=O) groups is 1. The fourth-order valence-electron chi connectivity index (χ4n) is 3.61. The zero-order valence-electron chi connectivity index (χ0n) is 16.4. The number of hydrogen-bond donors (Lipinski definition) is 3. The lowest BCUT2D eigenvalue weighted by Gasteiger charge is -2.07. The highest BCUT2D eigenvalue weighted by atomic mass is 19.4. The number of rotatable bonds is 4. The third-order valence-electron chi connectivity index (χ3n) is 5.16. The molecular weight excluding hydrogens is 451 g/mol. The summed E-state index contributed by atoms with van der Waals surface area (Å²) in [4.78, 5) is 18.3. The number of benzene rings is 1. The van der Waals surface area contributed by atoms with Crippen molar-refractivity contribution in [3.8, 4) is 22.8 Å². The second kappa shape index (κ2) is 7.53. The molecule has 1 saturated heterocycles. The Balaban J connectivity index is 1.62. The van der Waals surface area contributed by atoms with Gasteiger partial charge >= 0.3 is 12.2 Å². The largest absolute Gasteiger partial charge is 0.417 e. The van der Waals surface area contributed by atoms with Crippen LogP contribution < -0.4 is 10.6 Å². The molecule has 0 radical (unpaired) electrons. The Hall–Kier alpha value is -4.03. The number of alkyl halides is 3. The highest BCUT2D eigenvalue weighted by Gasteiger charge is 2.31. The summed E-state index contributed by atoms with van der Waals surface area (Å²) < 4.78 is 72.8.